The number of fused-ring (bicyclic) bond motifs is 1. The van der Waals surface area contributed by atoms with Gasteiger partial charge in [-0.3, -0.25) is 9.78 Å². The molecule has 3 heterocycles. The second kappa shape index (κ2) is 5.55. The number of hydrogen-bond acceptors (Lipinski definition) is 4. The maximum Gasteiger partial charge on any atom is 0.256 e. The predicted octanol–water partition coefficient (Wildman–Crippen LogP) is 1.69. The molecule has 0 radical (unpaired) electrons. The summed E-state index contributed by atoms with van der Waals surface area (Å²) in [5.74, 6) is -0.179. The zero-order valence-corrected chi connectivity index (χ0v) is 12.8. The maximum absolute atomic E-state index is 11.9. The second-order valence-corrected chi connectivity index (χ2v) is 5.17. The predicted molar refractivity (Wildman–Crippen MR) is 82.9 cm³/mol. The van der Waals surface area contributed by atoms with Gasteiger partial charge in [0.05, 0.1) is 6.20 Å². The molecule has 6 heteroatoms. The lowest BCUT2D eigenvalue weighted by Gasteiger charge is -2.11. The van der Waals surface area contributed by atoms with Crippen LogP contribution < -0.4 is 5.32 Å². The number of hydrogen-bond donors (Lipinski definition) is 1. The minimum absolute atomic E-state index is 0.179. The fourth-order valence-electron chi connectivity index (χ4n) is 2.57. The molecule has 0 aliphatic carbocycles. The molecule has 1 amide bonds. The van der Waals surface area contributed by atoms with Gasteiger partial charge in [-0.1, -0.05) is 6.07 Å². The van der Waals surface area contributed by atoms with Crippen LogP contribution >= 0.6 is 0 Å². The summed E-state index contributed by atoms with van der Waals surface area (Å²) in [7, 11) is 1.60. The lowest BCUT2D eigenvalue weighted by Crippen LogP contribution is -2.18. The number of aryl methyl sites for hydroxylation is 2. The summed E-state index contributed by atoms with van der Waals surface area (Å²) in [6.45, 7) is 3.95. The highest BCUT2D eigenvalue weighted by Gasteiger charge is 2.17. The van der Waals surface area contributed by atoms with Crippen molar-refractivity contribution in [2.24, 2.45) is 0 Å². The number of carbonyl (C=O) groups excluding carboxylic acids is 1. The Hall–Kier alpha value is -2.76. The number of nitrogens with zero attached hydrogens (tertiary/aromatic N) is 4. The molecule has 0 bridgehead atoms. The lowest BCUT2D eigenvalue weighted by molar-refractivity contribution is 0.0964. The lowest BCUT2D eigenvalue weighted by atomic mass is 10.0. The number of rotatable bonds is 3. The van der Waals surface area contributed by atoms with Crippen LogP contribution in [0.4, 0.5) is 0 Å². The molecule has 0 aliphatic heterocycles. The molecule has 3 aromatic rings. The minimum atomic E-state index is -0.179. The van der Waals surface area contributed by atoms with Gasteiger partial charge >= 0.3 is 0 Å². The summed E-state index contributed by atoms with van der Waals surface area (Å²) in [5, 5.41) is 6.92. The zero-order chi connectivity index (χ0) is 15.7. The van der Waals surface area contributed by atoms with E-state index in [9.17, 15) is 4.79 Å². The van der Waals surface area contributed by atoms with Crippen LogP contribution in [0.2, 0.25) is 0 Å². The molecule has 0 saturated carbocycles. The summed E-state index contributed by atoms with van der Waals surface area (Å²) in [4.78, 5) is 20.6. The van der Waals surface area contributed by atoms with Crippen LogP contribution in [0.1, 0.15) is 32.9 Å². The van der Waals surface area contributed by atoms with E-state index in [0.29, 0.717) is 11.2 Å². The standard InChI is InChI=1S/C16H17N5O/c1-10-13(7-12-5-4-6-18-8-12)11(2)21-15(20-10)14(9-19-21)16(22)17-3/h4-6,8-9H,7H2,1-3H3,(H,17,22). The van der Waals surface area contributed by atoms with E-state index in [1.54, 1.807) is 24.0 Å². The third kappa shape index (κ3) is 2.32. The molecule has 3 aromatic heterocycles. The SMILES string of the molecule is CNC(=O)c1cnn2c(C)c(Cc3cccnc3)c(C)nc12. The largest absolute Gasteiger partial charge is 0.355 e. The molecule has 0 fully saturated rings. The smallest absolute Gasteiger partial charge is 0.256 e. The van der Waals surface area contributed by atoms with Crippen LogP contribution in [0.25, 0.3) is 5.65 Å². The molecule has 1 N–H and O–H groups in total. The summed E-state index contributed by atoms with van der Waals surface area (Å²) < 4.78 is 1.73. The van der Waals surface area contributed by atoms with Gasteiger partial charge in [-0.05, 0) is 31.0 Å². The van der Waals surface area contributed by atoms with Gasteiger partial charge in [0.2, 0.25) is 0 Å². The topological polar surface area (TPSA) is 72.2 Å². The zero-order valence-electron chi connectivity index (χ0n) is 12.8. The Morgan fingerprint density at radius 2 is 2.14 bits per heavy atom. The van der Waals surface area contributed by atoms with Gasteiger partial charge in [0, 0.05) is 37.3 Å². The Balaban J connectivity index is 2.12. The Morgan fingerprint density at radius 3 is 2.82 bits per heavy atom. The van der Waals surface area contributed by atoms with Crippen LogP contribution in [-0.4, -0.2) is 32.5 Å². The third-order valence-corrected chi connectivity index (χ3v) is 3.78. The summed E-state index contributed by atoms with van der Waals surface area (Å²) in [6, 6.07) is 3.96. The van der Waals surface area contributed by atoms with Gasteiger partial charge in [-0.2, -0.15) is 5.10 Å². The van der Waals surface area contributed by atoms with Crippen LogP contribution in [0.5, 0.6) is 0 Å². The first kappa shape index (κ1) is 14.2. The maximum atomic E-state index is 11.9. The van der Waals surface area contributed by atoms with Crippen LogP contribution in [0.3, 0.4) is 0 Å². The molecule has 0 atom stereocenters. The van der Waals surface area contributed by atoms with E-state index in [0.717, 1.165) is 28.9 Å². The molecule has 6 nitrogen and oxygen atoms in total. The Morgan fingerprint density at radius 1 is 1.32 bits per heavy atom. The van der Waals surface area contributed by atoms with E-state index in [1.165, 1.54) is 0 Å². The Labute approximate surface area is 128 Å². The van der Waals surface area contributed by atoms with Crippen molar-refractivity contribution >= 4 is 11.6 Å². The average molecular weight is 295 g/mol. The first-order chi connectivity index (χ1) is 10.6. The van der Waals surface area contributed by atoms with Crippen molar-refractivity contribution in [2.45, 2.75) is 20.3 Å². The molecule has 0 unspecified atom stereocenters. The summed E-state index contributed by atoms with van der Waals surface area (Å²) >= 11 is 0. The van der Waals surface area contributed by atoms with E-state index in [4.69, 9.17) is 0 Å². The quantitative estimate of drug-likeness (QED) is 0.798. The van der Waals surface area contributed by atoms with E-state index in [-0.39, 0.29) is 5.91 Å². The highest BCUT2D eigenvalue weighted by molar-refractivity contribution is 5.99. The van der Waals surface area contributed by atoms with Crippen molar-refractivity contribution in [3.05, 3.63) is 58.8 Å². The van der Waals surface area contributed by atoms with E-state index in [2.05, 4.69) is 20.4 Å². The second-order valence-electron chi connectivity index (χ2n) is 5.17. The van der Waals surface area contributed by atoms with Gasteiger partial charge in [-0.25, -0.2) is 9.50 Å². The monoisotopic (exact) mass is 295 g/mol. The molecule has 3 rings (SSSR count). The van der Waals surface area contributed by atoms with Crippen LogP contribution in [0, 0.1) is 13.8 Å². The molecule has 22 heavy (non-hydrogen) atoms. The van der Waals surface area contributed by atoms with Crippen molar-refractivity contribution in [1.82, 2.24) is 24.9 Å². The third-order valence-electron chi connectivity index (χ3n) is 3.78. The number of pyridine rings is 1. The first-order valence-corrected chi connectivity index (χ1v) is 7.06. The van der Waals surface area contributed by atoms with Gasteiger partial charge < -0.3 is 5.32 Å². The van der Waals surface area contributed by atoms with Gasteiger partial charge in [-0.15, -0.1) is 0 Å². The number of carbonyl (C=O) groups is 1. The van der Waals surface area contributed by atoms with Crippen LogP contribution in [0.15, 0.2) is 30.7 Å². The van der Waals surface area contributed by atoms with Crippen molar-refractivity contribution in [3.8, 4) is 0 Å². The van der Waals surface area contributed by atoms with Crippen molar-refractivity contribution < 1.29 is 4.79 Å². The van der Waals surface area contributed by atoms with Gasteiger partial charge in [0.1, 0.15) is 5.56 Å². The first-order valence-electron chi connectivity index (χ1n) is 7.06. The highest BCUT2D eigenvalue weighted by atomic mass is 16.1. The fourth-order valence-corrected chi connectivity index (χ4v) is 2.57. The normalized spacial score (nSPS) is 10.9. The van der Waals surface area contributed by atoms with E-state index < -0.39 is 0 Å². The summed E-state index contributed by atoms with van der Waals surface area (Å²) in [5.41, 5.74) is 5.19. The van der Waals surface area contributed by atoms with E-state index >= 15 is 0 Å². The number of amides is 1. The molecular weight excluding hydrogens is 278 g/mol. The fraction of sp³-hybridized carbons (Fsp3) is 0.250. The molecular formula is C16H17N5O. The molecule has 0 aliphatic rings. The highest BCUT2D eigenvalue weighted by Crippen LogP contribution is 2.19. The van der Waals surface area contributed by atoms with Crippen molar-refractivity contribution in [1.29, 1.82) is 0 Å². The van der Waals surface area contributed by atoms with Crippen molar-refractivity contribution in [3.63, 3.8) is 0 Å². The van der Waals surface area contributed by atoms with Gasteiger partial charge in [0.15, 0.2) is 5.65 Å². The van der Waals surface area contributed by atoms with Crippen molar-refractivity contribution in [2.75, 3.05) is 7.05 Å². The molecule has 112 valence electrons. The number of nitrogens with one attached hydrogen (secondary N) is 1. The van der Waals surface area contributed by atoms with Crippen LogP contribution in [-0.2, 0) is 6.42 Å². The molecule has 0 saturated heterocycles. The minimum Gasteiger partial charge on any atom is -0.355 e. The number of aromatic nitrogens is 4. The summed E-state index contributed by atoms with van der Waals surface area (Å²) in [6.07, 6.45) is 5.90. The Bertz CT molecular complexity index is 839. The van der Waals surface area contributed by atoms with Gasteiger partial charge in [0.25, 0.3) is 5.91 Å². The molecule has 0 aromatic carbocycles. The van der Waals surface area contributed by atoms with E-state index in [1.807, 2.05) is 32.2 Å². The average Bonchev–Trinajstić information content (AvgIpc) is 2.95. The molecule has 0 spiro atoms. The Kier molecular flexibility index (Phi) is 3.58.